The van der Waals surface area contributed by atoms with E-state index in [1.165, 1.54) is 5.57 Å². The van der Waals surface area contributed by atoms with Crippen molar-refractivity contribution in [2.24, 2.45) is 17.8 Å². The molecule has 2 heterocycles. The third kappa shape index (κ3) is 4.60. The lowest BCUT2D eigenvalue weighted by molar-refractivity contribution is -0.137. The third-order valence-corrected chi connectivity index (χ3v) is 7.74. The first-order valence-corrected chi connectivity index (χ1v) is 12.6. The normalized spacial score (nSPS) is 25.9. The predicted molar refractivity (Wildman–Crippen MR) is 133 cm³/mol. The summed E-state index contributed by atoms with van der Waals surface area (Å²) < 4.78 is 10.8. The number of hydrogen-bond acceptors (Lipinski definition) is 7. The Morgan fingerprint density at radius 3 is 2.47 bits per heavy atom. The molecular formula is C28H35NO7. The van der Waals surface area contributed by atoms with E-state index in [4.69, 9.17) is 4.74 Å². The minimum atomic E-state index is -0.962. The second-order valence-corrected chi connectivity index (χ2v) is 10.1. The number of imide groups is 3. The number of carbonyl (C=O) groups is 3. The predicted octanol–water partition coefficient (Wildman–Crippen LogP) is 4.05. The Kier molecular flexibility index (Phi) is 7.66. The quantitative estimate of drug-likeness (QED) is 0.432. The van der Waals surface area contributed by atoms with Gasteiger partial charge in [-0.2, -0.15) is 4.90 Å². The molecule has 8 heteroatoms. The SMILES string of the molecule is CCC/C(=C\c1cc(C)c(O)c(C)c1)CC[C@H]1OC[C@H]2C1=C(CO)C[C@H]1C(=O)N(C(=O)OC)C(=O)[C@H]12. The number of rotatable bonds is 7. The lowest BCUT2D eigenvalue weighted by Gasteiger charge is -2.31. The zero-order valence-corrected chi connectivity index (χ0v) is 21.4. The van der Waals surface area contributed by atoms with Crippen molar-refractivity contribution in [1.82, 2.24) is 4.90 Å². The van der Waals surface area contributed by atoms with E-state index in [1.807, 2.05) is 26.0 Å². The average molecular weight is 498 g/mol. The number of amides is 3. The van der Waals surface area contributed by atoms with Gasteiger partial charge in [0.25, 0.3) is 0 Å². The van der Waals surface area contributed by atoms with Gasteiger partial charge in [0.15, 0.2) is 0 Å². The van der Waals surface area contributed by atoms with Gasteiger partial charge < -0.3 is 19.7 Å². The molecule has 36 heavy (non-hydrogen) atoms. The summed E-state index contributed by atoms with van der Waals surface area (Å²) in [7, 11) is 1.14. The van der Waals surface area contributed by atoms with Crippen molar-refractivity contribution in [1.29, 1.82) is 0 Å². The molecule has 0 bridgehead atoms. The third-order valence-electron chi connectivity index (χ3n) is 7.74. The molecular weight excluding hydrogens is 462 g/mol. The second-order valence-electron chi connectivity index (χ2n) is 10.1. The van der Waals surface area contributed by atoms with Crippen LogP contribution >= 0.6 is 0 Å². The van der Waals surface area contributed by atoms with E-state index in [2.05, 4.69) is 17.7 Å². The van der Waals surface area contributed by atoms with Gasteiger partial charge in [-0.25, -0.2) is 4.79 Å². The van der Waals surface area contributed by atoms with Crippen LogP contribution in [0, 0.1) is 31.6 Å². The molecule has 0 spiro atoms. The molecule has 3 amide bonds. The van der Waals surface area contributed by atoms with E-state index in [-0.39, 0.29) is 31.7 Å². The first-order valence-electron chi connectivity index (χ1n) is 12.6. The fraction of sp³-hybridized carbons (Fsp3) is 0.536. The van der Waals surface area contributed by atoms with Crippen molar-refractivity contribution in [3.63, 3.8) is 0 Å². The average Bonchev–Trinajstić information content (AvgIpc) is 3.38. The number of methoxy groups -OCH3 is 1. The first-order chi connectivity index (χ1) is 17.2. The summed E-state index contributed by atoms with van der Waals surface area (Å²) >= 11 is 0. The number of fused-ring (bicyclic) bond motifs is 3. The molecule has 4 atom stereocenters. The maximum Gasteiger partial charge on any atom is 0.423 e. The number of hydrogen-bond donors (Lipinski definition) is 2. The van der Waals surface area contributed by atoms with E-state index in [1.54, 1.807) is 0 Å². The van der Waals surface area contributed by atoms with E-state index >= 15 is 0 Å². The van der Waals surface area contributed by atoms with Crippen LogP contribution < -0.4 is 0 Å². The summed E-state index contributed by atoms with van der Waals surface area (Å²) in [4.78, 5) is 38.6. The number of aliphatic hydroxyl groups excluding tert-OH is 1. The lowest BCUT2D eigenvalue weighted by Crippen LogP contribution is -2.38. The zero-order valence-electron chi connectivity index (χ0n) is 21.4. The monoisotopic (exact) mass is 497 g/mol. The molecule has 4 rings (SSSR count). The Morgan fingerprint density at radius 1 is 1.17 bits per heavy atom. The van der Waals surface area contributed by atoms with Gasteiger partial charge in [0, 0.05) is 5.92 Å². The summed E-state index contributed by atoms with van der Waals surface area (Å²) in [6.45, 7) is 5.98. The highest BCUT2D eigenvalue weighted by Gasteiger charge is 2.58. The second kappa shape index (κ2) is 10.6. The molecule has 1 aromatic rings. The summed E-state index contributed by atoms with van der Waals surface area (Å²) in [6.07, 6.45) is 4.58. The van der Waals surface area contributed by atoms with Gasteiger partial charge in [-0.15, -0.1) is 0 Å². The van der Waals surface area contributed by atoms with Gasteiger partial charge in [0.1, 0.15) is 5.75 Å². The van der Waals surface area contributed by atoms with Crippen LogP contribution in [-0.4, -0.2) is 59.4 Å². The fourth-order valence-electron chi connectivity index (χ4n) is 6.11. The van der Waals surface area contributed by atoms with E-state index < -0.39 is 29.7 Å². The number of aryl methyl sites for hydroxylation is 2. The summed E-state index contributed by atoms with van der Waals surface area (Å²) in [6, 6.07) is 3.95. The number of ether oxygens (including phenoxy) is 2. The van der Waals surface area contributed by atoms with Crippen molar-refractivity contribution in [3.05, 3.63) is 45.5 Å². The van der Waals surface area contributed by atoms with E-state index in [0.29, 0.717) is 17.1 Å². The molecule has 2 fully saturated rings. The Hall–Kier alpha value is -2.97. The number of phenols is 1. The number of carbonyl (C=O) groups excluding carboxylic acids is 3. The highest BCUT2D eigenvalue weighted by molar-refractivity contribution is 6.16. The lowest BCUT2D eigenvalue weighted by atomic mass is 9.69. The van der Waals surface area contributed by atoms with Crippen LogP contribution in [0.2, 0.25) is 0 Å². The Morgan fingerprint density at radius 2 is 1.86 bits per heavy atom. The molecule has 194 valence electrons. The molecule has 1 aliphatic carbocycles. The first kappa shape index (κ1) is 26.1. The van der Waals surface area contributed by atoms with Gasteiger partial charge in [0.2, 0.25) is 11.8 Å². The number of aromatic hydroxyl groups is 1. The van der Waals surface area contributed by atoms with Gasteiger partial charge in [-0.1, -0.05) is 25.0 Å². The summed E-state index contributed by atoms with van der Waals surface area (Å²) in [5.41, 5.74) is 5.64. The molecule has 0 unspecified atom stereocenters. The van der Waals surface area contributed by atoms with Crippen LogP contribution in [0.15, 0.2) is 28.9 Å². The van der Waals surface area contributed by atoms with Crippen molar-refractivity contribution < 1.29 is 34.1 Å². The fourth-order valence-corrected chi connectivity index (χ4v) is 6.11. The van der Waals surface area contributed by atoms with Gasteiger partial charge in [-0.05, 0) is 79.5 Å². The van der Waals surface area contributed by atoms with Crippen LogP contribution in [0.3, 0.4) is 0 Å². The van der Waals surface area contributed by atoms with Gasteiger partial charge >= 0.3 is 6.09 Å². The molecule has 2 saturated heterocycles. The highest BCUT2D eigenvalue weighted by Crippen LogP contribution is 2.49. The molecule has 0 radical (unpaired) electrons. The van der Waals surface area contributed by atoms with Gasteiger partial charge in [0.05, 0.1) is 38.3 Å². The maximum absolute atomic E-state index is 13.1. The van der Waals surface area contributed by atoms with E-state index in [0.717, 1.165) is 54.2 Å². The molecule has 8 nitrogen and oxygen atoms in total. The molecule has 1 aromatic carbocycles. The standard InChI is InChI=1S/C28H35NO7/c1-5-6-17(11-18-9-15(2)25(31)16(3)10-18)7-8-22-23-19(13-30)12-20-24(21(23)14-36-22)27(33)29(26(20)32)28(34)35-4/h9-11,20-22,24,30-31H,5-8,12-14H2,1-4H3/b17-11+/t20-,21+,22-,24-/m1/s1. The van der Waals surface area contributed by atoms with Crippen molar-refractivity contribution in [2.45, 2.75) is 59.0 Å². The number of phenolic OH excluding ortho intramolecular Hbond substituents is 1. The number of benzene rings is 1. The van der Waals surface area contributed by atoms with Crippen molar-refractivity contribution in [2.75, 3.05) is 20.3 Å². The topological polar surface area (TPSA) is 113 Å². The van der Waals surface area contributed by atoms with Crippen LogP contribution in [0.1, 0.15) is 55.7 Å². The maximum atomic E-state index is 13.1. The van der Waals surface area contributed by atoms with Crippen LogP contribution in [0.25, 0.3) is 6.08 Å². The number of allylic oxidation sites excluding steroid dienone is 1. The smallest absolute Gasteiger partial charge is 0.423 e. The molecule has 3 aliphatic rings. The van der Waals surface area contributed by atoms with Crippen molar-refractivity contribution >= 4 is 24.0 Å². The summed E-state index contributed by atoms with van der Waals surface area (Å²) in [5, 5.41) is 20.2. The van der Waals surface area contributed by atoms with Crippen molar-refractivity contribution in [3.8, 4) is 5.75 Å². The van der Waals surface area contributed by atoms with E-state index in [9.17, 15) is 24.6 Å². The van der Waals surface area contributed by atoms with Gasteiger partial charge in [-0.3, -0.25) is 9.59 Å². The Labute approximate surface area is 211 Å². The molecule has 2 N–H and O–H groups in total. The van der Waals surface area contributed by atoms with Crippen LogP contribution in [-0.2, 0) is 19.1 Å². The van der Waals surface area contributed by atoms with Crippen LogP contribution in [0.5, 0.6) is 5.75 Å². The largest absolute Gasteiger partial charge is 0.507 e. The number of aliphatic hydroxyl groups is 1. The number of nitrogens with zero attached hydrogens (tertiary/aromatic N) is 1. The Balaban J connectivity index is 1.55. The molecule has 2 aliphatic heterocycles. The highest BCUT2D eigenvalue weighted by atomic mass is 16.5. The zero-order chi connectivity index (χ0) is 26.1. The Bertz CT molecular complexity index is 1110. The number of likely N-dealkylation sites (tertiary alicyclic amines) is 1. The minimum Gasteiger partial charge on any atom is -0.507 e. The van der Waals surface area contributed by atoms with Crippen LogP contribution in [0.4, 0.5) is 4.79 Å². The molecule has 0 aromatic heterocycles. The molecule has 0 saturated carbocycles. The summed E-state index contributed by atoms with van der Waals surface area (Å²) in [5.74, 6) is -2.45. The minimum absolute atomic E-state index is 0.210.